The second kappa shape index (κ2) is 8.57. The number of para-hydroxylation sites is 3. The Hall–Kier alpha value is -5.38. The van der Waals surface area contributed by atoms with Gasteiger partial charge in [0.05, 0.1) is 28.1 Å². The Bertz CT molecular complexity index is 2570. The Morgan fingerprint density at radius 2 is 1.14 bits per heavy atom. The van der Waals surface area contributed by atoms with Crippen LogP contribution in [0.1, 0.15) is 0 Å². The lowest BCUT2D eigenvalue weighted by Gasteiger charge is -2.33. The van der Waals surface area contributed by atoms with Crippen molar-refractivity contribution in [2.75, 3.05) is 4.90 Å². The third kappa shape index (κ3) is 3.23. The number of nitrogens with zero attached hydrogens (tertiary/aromatic N) is 2. The van der Waals surface area contributed by atoms with Crippen molar-refractivity contribution in [2.24, 2.45) is 0 Å². The Balaban J connectivity index is 1.25. The molecule has 0 unspecified atom stereocenters. The first-order valence-corrected chi connectivity index (χ1v) is 15.5. The van der Waals surface area contributed by atoms with Crippen molar-refractivity contribution in [2.45, 2.75) is 0 Å². The van der Waals surface area contributed by atoms with E-state index in [1.54, 1.807) is 0 Å². The molecule has 1 aliphatic heterocycles. The summed E-state index contributed by atoms with van der Waals surface area (Å²) in [7, 11) is 0. The fraction of sp³-hybridized carbons (Fsp3) is 0. The van der Waals surface area contributed by atoms with Crippen LogP contribution < -0.4 is 4.90 Å². The maximum atomic E-state index is 2.48. The zero-order valence-electron chi connectivity index (χ0n) is 23.2. The summed E-state index contributed by atoms with van der Waals surface area (Å²) in [5.74, 6) is 0. The summed E-state index contributed by atoms with van der Waals surface area (Å²) >= 11 is 1.87. The van der Waals surface area contributed by atoms with Gasteiger partial charge in [0.15, 0.2) is 0 Å². The second-order valence-electron chi connectivity index (χ2n) is 11.4. The number of hydrogen-bond donors (Lipinski definition) is 0. The van der Waals surface area contributed by atoms with Crippen LogP contribution in [-0.2, 0) is 0 Å². The Morgan fingerprint density at radius 3 is 2.07 bits per heavy atom. The summed E-state index contributed by atoms with van der Waals surface area (Å²) in [5, 5.41) is 7.71. The highest BCUT2D eigenvalue weighted by Gasteiger charge is 2.28. The molecule has 3 heterocycles. The van der Waals surface area contributed by atoms with Crippen LogP contribution in [0.25, 0.3) is 69.6 Å². The molecule has 200 valence electrons. The van der Waals surface area contributed by atoms with Gasteiger partial charge in [0.2, 0.25) is 0 Å². The first kappa shape index (κ1) is 23.2. The molecular weight excluding hydrogens is 541 g/mol. The molecule has 0 atom stereocenters. The summed E-state index contributed by atoms with van der Waals surface area (Å²) in [6, 6.07) is 53.6. The third-order valence-corrected chi connectivity index (χ3v) is 10.2. The largest absolute Gasteiger partial charge is 0.306 e. The lowest BCUT2D eigenvalue weighted by atomic mass is 9.98. The first-order valence-electron chi connectivity index (χ1n) is 14.7. The number of thiophene rings is 1. The van der Waals surface area contributed by atoms with E-state index in [9.17, 15) is 0 Å². The Morgan fingerprint density at radius 1 is 0.419 bits per heavy atom. The first-order chi connectivity index (χ1) is 21.3. The summed E-state index contributed by atoms with van der Waals surface area (Å²) in [5.41, 5.74) is 9.76. The van der Waals surface area contributed by atoms with Gasteiger partial charge in [-0.15, -0.1) is 11.3 Å². The van der Waals surface area contributed by atoms with E-state index in [1.165, 1.54) is 86.6 Å². The van der Waals surface area contributed by atoms with E-state index < -0.39 is 0 Å². The van der Waals surface area contributed by atoms with Gasteiger partial charge in [-0.3, -0.25) is 0 Å². The molecule has 9 aromatic rings. The maximum Gasteiger partial charge on any atom is 0.0783 e. The van der Waals surface area contributed by atoms with E-state index in [1.807, 2.05) is 11.3 Å². The van der Waals surface area contributed by atoms with Crippen LogP contribution >= 0.6 is 11.3 Å². The monoisotopic (exact) mass is 564 g/mol. The molecule has 7 aromatic carbocycles. The fourth-order valence-electron chi connectivity index (χ4n) is 7.13. The molecule has 0 radical (unpaired) electrons. The Labute approximate surface area is 252 Å². The molecule has 0 saturated carbocycles. The molecule has 43 heavy (non-hydrogen) atoms. The van der Waals surface area contributed by atoms with Gasteiger partial charge in [-0.2, -0.15) is 0 Å². The van der Waals surface area contributed by atoms with Gasteiger partial charge in [0, 0.05) is 36.6 Å². The molecule has 2 nitrogen and oxygen atoms in total. The van der Waals surface area contributed by atoms with Gasteiger partial charge in [-0.05, 0) is 82.6 Å². The number of benzene rings is 7. The number of fused-ring (bicyclic) bond motifs is 9. The minimum atomic E-state index is 1.17. The zero-order valence-corrected chi connectivity index (χ0v) is 24.0. The number of hydrogen-bond acceptors (Lipinski definition) is 2. The molecule has 0 spiro atoms. The van der Waals surface area contributed by atoms with Crippen LogP contribution in [0, 0.1) is 0 Å². The topological polar surface area (TPSA) is 8.17 Å². The number of anilines is 3. The zero-order chi connectivity index (χ0) is 28.1. The molecule has 0 N–H and O–H groups in total. The minimum absolute atomic E-state index is 1.17. The van der Waals surface area contributed by atoms with E-state index in [0.717, 1.165) is 0 Å². The van der Waals surface area contributed by atoms with Crippen molar-refractivity contribution in [3.05, 3.63) is 146 Å². The predicted octanol–water partition coefficient (Wildman–Crippen LogP) is 11.8. The summed E-state index contributed by atoms with van der Waals surface area (Å²) < 4.78 is 5.15. The maximum absolute atomic E-state index is 2.48. The molecule has 0 bridgehead atoms. The molecule has 0 saturated heterocycles. The highest BCUT2D eigenvalue weighted by Crippen LogP contribution is 2.50. The molecule has 0 amide bonds. The van der Waals surface area contributed by atoms with Crippen LogP contribution in [0.2, 0.25) is 0 Å². The lowest BCUT2D eigenvalue weighted by molar-refractivity contribution is 1.12. The van der Waals surface area contributed by atoms with Gasteiger partial charge in [-0.25, -0.2) is 0 Å². The average Bonchev–Trinajstić information content (AvgIpc) is 3.61. The van der Waals surface area contributed by atoms with Crippen molar-refractivity contribution < 1.29 is 0 Å². The van der Waals surface area contributed by atoms with Crippen LogP contribution in [0.5, 0.6) is 0 Å². The van der Waals surface area contributed by atoms with Gasteiger partial charge in [0.25, 0.3) is 0 Å². The molecule has 0 fully saturated rings. The molecule has 2 aromatic heterocycles. The second-order valence-corrected chi connectivity index (χ2v) is 12.5. The lowest BCUT2D eigenvalue weighted by Crippen LogP contribution is -2.18. The molecule has 3 heteroatoms. The predicted molar refractivity (Wildman–Crippen MR) is 185 cm³/mol. The van der Waals surface area contributed by atoms with Gasteiger partial charge in [0.1, 0.15) is 0 Å². The number of rotatable bonds is 2. The van der Waals surface area contributed by atoms with Crippen molar-refractivity contribution in [1.29, 1.82) is 0 Å². The van der Waals surface area contributed by atoms with Crippen LogP contribution in [0.4, 0.5) is 17.1 Å². The van der Waals surface area contributed by atoms with E-state index >= 15 is 0 Å². The Kier molecular flexibility index (Phi) is 4.63. The molecule has 1 aliphatic rings. The van der Waals surface area contributed by atoms with Gasteiger partial charge >= 0.3 is 0 Å². The van der Waals surface area contributed by atoms with E-state index in [2.05, 4.69) is 155 Å². The minimum Gasteiger partial charge on any atom is -0.306 e. The quantitative estimate of drug-likeness (QED) is 0.203. The normalized spacial score (nSPS) is 12.6. The third-order valence-electron chi connectivity index (χ3n) is 9.05. The molecule has 0 aliphatic carbocycles. The van der Waals surface area contributed by atoms with Crippen LogP contribution in [0.15, 0.2) is 146 Å². The molecular formula is C40H24N2S. The van der Waals surface area contributed by atoms with Crippen LogP contribution in [-0.4, -0.2) is 4.57 Å². The van der Waals surface area contributed by atoms with Crippen molar-refractivity contribution >= 4 is 81.1 Å². The number of aromatic nitrogens is 1. The highest BCUT2D eigenvalue weighted by atomic mass is 32.1. The van der Waals surface area contributed by atoms with Gasteiger partial charge < -0.3 is 9.47 Å². The molecule has 10 rings (SSSR count). The average molecular weight is 565 g/mol. The van der Waals surface area contributed by atoms with Crippen molar-refractivity contribution in [3.63, 3.8) is 0 Å². The fourth-order valence-corrected chi connectivity index (χ4v) is 8.22. The highest BCUT2D eigenvalue weighted by molar-refractivity contribution is 7.25. The summed E-state index contributed by atoms with van der Waals surface area (Å²) in [6.07, 6.45) is 0. The summed E-state index contributed by atoms with van der Waals surface area (Å²) in [6.45, 7) is 0. The van der Waals surface area contributed by atoms with E-state index in [-0.39, 0.29) is 0 Å². The van der Waals surface area contributed by atoms with Gasteiger partial charge in [-0.1, -0.05) is 84.9 Å². The van der Waals surface area contributed by atoms with Crippen molar-refractivity contribution in [1.82, 2.24) is 4.57 Å². The smallest absolute Gasteiger partial charge is 0.0783 e. The SMILES string of the molecule is c1ccc(N2c3cc4ccc(-c5ccc6sc7ccccc7c6c5)cc4cc3-n3c4ccccc4c4cccc2c43)cc1. The summed E-state index contributed by atoms with van der Waals surface area (Å²) in [4.78, 5) is 2.43. The van der Waals surface area contributed by atoms with E-state index in [4.69, 9.17) is 0 Å². The van der Waals surface area contributed by atoms with Crippen LogP contribution in [0.3, 0.4) is 0 Å². The van der Waals surface area contributed by atoms with E-state index in [0.29, 0.717) is 0 Å². The van der Waals surface area contributed by atoms with Crippen molar-refractivity contribution in [3.8, 4) is 16.8 Å². The standard InChI is InChI=1S/C40H24N2S/c1-2-9-29(10-3-1)41-35-15-8-13-32-30-11-4-6-14-34(30)42(40(32)35)37-24-28-21-25(17-18-27(28)23-36(37)41)26-19-20-39-33(22-26)31-12-5-7-16-38(31)43-39/h1-24H.